The number of halogens is 1. The Hall–Kier alpha value is -3.46. The highest BCUT2D eigenvalue weighted by Crippen LogP contribution is 2.32. The quantitative estimate of drug-likeness (QED) is 0.457. The Kier molecular flexibility index (Phi) is 5.60. The normalized spacial score (nSPS) is 11.0. The van der Waals surface area contributed by atoms with E-state index in [-0.39, 0.29) is 11.7 Å². The summed E-state index contributed by atoms with van der Waals surface area (Å²) < 4.78 is 13.5. The van der Waals surface area contributed by atoms with Gasteiger partial charge < -0.3 is 0 Å². The van der Waals surface area contributed by atoms with E-state index in [9.17, 15) is 9.18 Å². The van der Waals surface area contributed by atoms with Gasteiger partial charge in [-0.25, -0.2) is 9.37 Å². The maximum Gasteiger partial charge on any atom is 0.230 e. The molecule has 158 valence electrons. The Labute approximate surface area is 183 Å². The predicted octanol–water partition coefficient (Wildman–Crippen LogP) is 4.59. The third kappa shape index (κ3) is 4.36. The summed E-state index contributed by atoms with van der Waals surface area (Å²) >= 11 is 1.38. The Morgan fingerprint density at radius 1 is 1.13 bits per heavy atom. The van der Waals surface area contributed by atoms with Crippen molar-refractivity contribution in [2.75, 3.05) is 4.90 Å². The van der Waals surface area contributed by atoms with Gasteiger partial charge in [-0.1, -0.05) is 17.7 Å². The highest BCUT2D eigenvalue weighted by Gasteiger charge is 2.20. The van der Waals surface area contributed by atoms with Gasteiger partial charge in [-0.15, -0.1) is 21.5 Å². The zero-order valence-corrected chi connectivity index (χ0v) is 18.4. The largest absolute Gasteiger partial charge is 0.274 e. The maximum atomic E-state index is 13.5. The van der Waals surface area contributed by atoms with Crippen molar-refractivity contribution >= 4 is 28.1 Å². The van der Waals surface area contributed by atoms with E-state index >= 15 is 0 Å². The second-order valence-electron chi connectivity index (χ2n) is 7.37. The molecule has 4 rings (SSSR count). The van der Waals surface area contributed by atoms with Crippen LogP contribution in [0.15, 0.2) is 41.8 Å². The van der Waals surface area contributed by atoms with Crippen molar-refractivity contribution in [3.8, 4) is 11.4 Å². The van der Waals surface area contributed by atoms with E-state index in [1.54, 1.807) is 24.0 Å². The molecule has 0 bridgehead atoms. The van der Waals surface area contributed by atoms with Crippen LogP contribution in [0.5, 0.6) is 0 Å². The van der Waals surface area contributed by atoms with E-state index in [2.05, 4.69) is 20.4 Å². The van der Waals surface area contributed by atoms with Gasteiger partial charge in [0.15, 0.2) is 5.13 Å². The maximum absolute atomic E-state index is 13.5. The number of nitrogens with zero attached hydrogens (tertiary/aromatic N) is 6. The van der Waals surface area contributed by atoms with Crippen LogP contribution >= 0.6 is 11.3 Å². The molecule has 0 aliphatic carbocycles. The van der Waals surface area contributed by atoms with Crippen molar-refractivity contribution in [1.29, 1.82) is 0 Å². The lowest BCUT2D eigenvalue weighted by molar-refractivity contribution is -0.115. The van der Waals surface area contributed by atoms with Gasteiger partial charge in [0.1, 0.15) is 12.4 Å². The van der Waals surface area contributed by atoms with E-state index in [0.29, 0.717) is 28.6 Å². The molecule has 0 unspecified atom stereocenters. The molecule has 0 N–H and O–H groups in total. The number of rotatable bonds is 5. The zero-order chi connectivity index (χ0) is 22.1. The van der Waals surface area contributed by atoms with Gasteiger partial charge in [-0.2, -0.15) is 4.80 Å². The first-order chi connectivity index (χ1) is 14.8. The number of tetrazole rings is 1. The van der Waals surface area contributed by atoms with Crippen molar-refractivity contribution in [3.63, 3.8) is 0 Å². The fourth-order valence-corrected chi connectivity index (χ4v) is 4.16. The van der Waals surface area contributed by atoms with Crippen LogP contribution in [0.2, 0.25) is 0 Å². The second kappa shape index (κ2) is 8.35. The molecule has 0 saturated carbocycles. The van der Waals surface area contributed by atoms with Gasteiger partial charge in [0, 0.05) is 17.9 Å². The molecule has 0 atom stereocenters. The zero-order valence-electron chi connectivity index (χ0n) is 17.6. The van der Waals surface area contributed by atoms with Crippen LogP contribution in [0.1, 0.15) is 29.3 Å². The number of amides is 1. The summed E-state index contributed by atoms with van der Waals surface area (Å²) in [4.78, 5) is 20.1. The SMILES string of the molecule is CC(=O)N(c1nc(Cn2nnc(-c3ccc(F)c(C)c3)n2)cs1)c1ccc(C)cc1C. The molecular formula is C22H21FN6OS. The number of hydrogen-bond donors (Lipinski definition) is 0. The Morgan fingerprint density at radius 3 is 2.65 bits per heavy atom. The Morgan fingerprint density at radius 2 is 1.94 bits per heavy atom. The second-order valence-corrected chi connectivity index (χ2v) is 8.21. The molecule has 31 heavy (non-hydrogen) atoms. The topological polar surface area (TPSA) is 76.8 Å². The molecule has 1 amide bonds. The number of aryl methyl sites for hydroxylation is 3. The average Bonchev–Trinajstić information content (AvgIpc) is 3.36. The van der Waals surface area contributed by atoms with Crippen LogP contribution < -0.4 is 4.90 Å². The number of carbonyl (C=O) groups is 1. The lowest BCUT2D eigenvalue weighted by atomic mass is 10.1. The first-order valence-electron chi connectivity index (χ1n) is 9.68. The Bertz CT molecular complexity index is 1260. The van der Waals surface area contributed by atoms with Crippen LogP contribution in [-0.4, -0.2) is 31.1 Å². The minimum atomic E-state index is -0.273. The molecule has 2 aromatic heterocycles. The van der Waals surface area contributed by atoms with Gasteiger partial charge in [0.05, 0.1) is 11.4 Å². The molecular weight excluding hydrogens is 415 g/mol. The number of hydrogen-bond acceptors (Lipinski definition) is 6. The van der Waals surface area contributed by atoms with Crippen molar-refractivity contribution < 1.29 is 9.18 Å². The van der Waals surface area contributed by atoms with E-state index in [1.165, 1.54) is 29.1 Å². The van der Waals surface area contributed by atoms with Crippen molar-refractivity contribution in [2.24, 2.45) is 0 Å². The van der Waals surface area contributed by atoms with Gasteiger partial charge in [-0.3, -0.25) is 9.69 Å². The highest BCUT2D eigenvalue weighted by molar-refractivity contribution is 7.14. The Balaban J connectivity index is 1.57. The molecule has 0 radical (unpaired) electrons. The lowest BCUT2D eigenvalue weighted by Gasteiger charge is -2.20. The molecule has 0 saturated heterocycles. The molecule has 4 aromatic rings. The molecule has 7 nitrogen and oxygen atoms in total. The number of anilines is 2. The molecule has 0 fully saturated rings. The van der Waals surface area contributed by atoms with Gasteiger partial charge in [0.2, 0.25) is 11.7 Å². The van der Waals surface area contributed by atoms with E-state index in [4.69, 9.17) is 0 Å². The third-order valence-corrected chi connectivity index (χ3v) is 5.69. The summed E-state index contributed by atoms with van der Waals surface area (Å²) in [6.45, 7) is 7.52. The molecule has 0 spiro atoms. The molecule has 2 aromatic carbocycles. The van der Waals surface area contributed by atoms with Crippen LogP contribution in [0.25, 0.3) is 11.4 Å². The molecule has 0 aliphatic rings. The standard InChI is InChI=1S/C22H21FN6OS/c1-13-5-8-20(15(3)9-13)29(16(4)30)22-24-18(12-31-22)11-28-26-21(25-27-28)17-6-7-19(23)14(2)10-17/h5-10,12H,11H2,1-4H3. The third-order valence-electron chi connectivity index (χ3n) is 4.81. The average molecular weight is 437 g/mol. The van der Waals surface area contributed by atoms with E-state index in [1.807, 2.05) is 37.4 Å². The van der Waals surface area contributed by atoms with Gasteiger partial charge >= 0.3 is 0 Å². The molecule has 0 aliphatic heterocycles. The van der Waals surface area contributed by atoms with Gasteiger partial charge in [0.25, 0.3) is 0 Å². The smallest absolute Gasteiger partial charge is 0.230 e. The van der Waals surface area contributed by atoms with Gasteiger partial charge in [-0.05, 0) is 61.4 Å². The first-order valence-corrected chi connectivity index (χ1v) is 10.6. The number of thiazole rings is 1. The fourth-order valence-electron chi connectivity index (χ4n) is 3.29. The van der Waals surface area contributed by atoms with Crippen LogP contribution in [0.4, 0.5) is 15.2 Å². The minimum absolute atomic E-state index is 0.110. The first kappa shape index (κ1) is 20.8. The van der Waals surface area contributed by atoms with Crippen LogP contribution in [-0.2, 0) is 11.3 Å². The molecule has 9 heteroatoms. The van der Waals surface area contributed by atoms with Crippen molar-refractivity contribution in [3.05, 3.63) is 70.0 Å². The summed E-state index contributed by atoms with van der Waals surface area (Å²) in [6.07, 6.45) is 0. The number of benzene rings is 2. The summed E-state index contributed by atoms with van der Waals surface area (Å²) in [5.74, 6) is 0.0323. The van der Waals surface area contributed by atoms with Crippen LogP contribution in [0.3, 0.4) is 0 Å². The van der Waals surface area contributed by atoms with Crippen molar-refractivity contribution in [1.82, 2.24) is 25.2 Å². The highest BCUT2D eigenvalue weighted by atomic mass is 32.1. The van der Waals surface area contributed by atoms with E-state index < -0.39 is 0 Å². The van der Waals surface area contributed by atoms with Crippen LogP contribution in [0, 0.1) is 26.6 Å². The fraction of sp³-hybridized carbons (Fsp3) is 0.227. The summed E-state index contributed by atoms with van der Waals surface area (Å²) in [5.41, 5.74) is 4.88. The summed E-state index contributed by atoms with van der Waals surface area (Å²) in [6, 6.07) is 10.7. The summed E-state index contributed by atoms with van der Waals surface area (Å²) in [5, 5.41) is 15.0. The minimum Gasteiger partial charge on any atom is -0.274 e. The summed E-state index contributed by atoms with van der Waals surface area (Å²) in [7, 11) is 0. The predicted molar refractivity (Wildman–Crippen MR) is 118 cm³/mol. The van der Waals surface area contributed by atoms with Crippen molar-refractivity contribution in [2.45, 2.75) is 34.2 Å². The van der Waals surface area contributed by atoms with E-state index in [0.717, 1.165) is 22.5 Å². The monoisotopic (exact) mass is 436 g/mol. The molecule has 2 heterocycles. The lowest BCUT2D eigenvalue weighted by Crippen LogP contribution is -2.23. The number of carbonyl (C=O) groups excluding carboxylic acids is 1. The number of aromatic nitrogens is 5.